The van der Waals surface area contributed by atoms with Gasteiger partial charge >= 0.3 is 5.97 Å². The van der Waals surface area contributed by atoms with Crippen LogP contribution in [0.3, 0.4) is 0 Å². The van der Waals surface area contributed by atoms with Crippen molar-refractivity contribution in [2.45, 2.75) is 6.42 Å². The zero-order valence-electron chi connectivity index (χ0n) is 6.35. The molecule has 0 aliphatic carbocycles. The molecule has 0 aliphatic heterocycles. The molecule has 1 N–H and O–H groups in total. The number of halogens is 3. The second kappa shape index (κ2) is 4.44. The zero-order chi connectivity index (χ0) is 10.0. The molecule has 13 heavy (non-hydrogen) atoms. The van der Waals surface area contributed by atoms with Crippen LogP contribution in [0, 0.1) is 0 Å². The van der Waals surface area contributed by atoms with Crippen molar-refractivity contribution in [3.8, 4) is 0 Å². The molecule has 1 rings (SSSR count). The Morgan fingerprint density at radius 3 is 2.62 bits per heavy atom. The van der Waals surface area contributed by atoms with E-state index in [0.29, 0.717) is 15.1 Å². The Morgan fingerprint density at radius 2 is 2.08 bits per heavy atom. The van der Waals surface area contributed by atoms with Gasteiger partial charge in [-0.15, -0.1) is 0 Å². The lowest BCUT2D eigenvalue weighted by atomic mass is 10.1. The monoisotopic (exact) mass is 326 g/mol. The van der Waals surface area contributed by atoms with Gasteiger partial charge < -0.3 is 5.11 Å². The number of aliphatic carboxylic acids is 1. The number of hydrogen-bond donors (Lipinski definition) is 1. The molecule has 0 radical (unpaired) electrons. The van der Waals surface area contributed by atoms with E-state index in [4.69, 9.17) is 16.7 Å². The van der Waals surface area contributed by atoms with Gasteiger partial charge in [-0.25, -0.2) is 0 Å². The van der Waals surface area contributed by atoms with Crippen LogP contribution in [0.2, 0.25) is 5.02 Å². The van der Waals surface area contributed by atoms with Crippen LogP contribution in [0.1, 0.15) is 5.56 Å². The number of rotatable bonds is 2. The molecule has 5 heteroatoms. The fourth-order valence-corrected chi connectivity index (χ4v) is 2.08. The first-order valence-corrected chi connectivity index (χ1v) is 5.33. The van der Waals surface area contributed by atoms with Gasteiger partial charge in [-0.05, 0) is 49.6 Å². The van der Waals surface area contributed by atoms with Crippen molar-refractivity contribution in [1.29, 1.82) is 0 Å². The van der Waals surface area contributed by atoms with Crippen LogP contribution in [-0.4, -0.2) is 11.1 Å². The highest BCUT2D eigenvalue weighted by molar-refractivity contribution is 9.13. The molecule has 1 aromatic carbocycles. The molecule has 0 saturated heterocycles. The highest BCUT2D eigenvalue weighted by Gasteiger charge is 2.11. The Kier molecular flexibility index (Phi) is 3.76. The summed E-state index contributed by atoms with van der Waals surface area (Å²) in [6.45, 7) is 0. The Hall–Kier alpha value is -0.0600. The van der Waals surface area contributed by atoms with Gasteiger partial charge in [0.2, 0.25) is 0 Å². The number of hydrogen-bond acceptors (Lipinski definition) is 1. The number of carboxylic acids is 1. The summed E-state index contributed by atoms with van der Waals surface area (Å²) in [5, 5.41) is 9.07. The maximum Gasteiger partial charge on any atom is 0.307 e. The van der Waals surface area contributed by atoms with Gasteiger partial charge in [-0.1, -0.05) is 11.6 Å². The van der Waals surface area contributed by atoms with Crippen molar-refractivity contribution < 1.29 is 9.90 Å². The minimum absolute atomic E-state index is 0.0845. The Labute approximate surface area is 97.2 Å². The molecule has 0 saturated carbocycles. The van der Waals surface area contributed by atoms with Gasteiger partial charge in [0, 0.05) is 14.0 Å². The lowest BCUT2D eigenvalue weighted by molar-refractivity contribution is -0.136. The smallest absolute Gasteiger partial charge is 0.307 e. The third-order valence-corrected chi connectivity index (χ3v) is 3.92. The molecule has 0 unspecified atom stereocenters. The minimum atomic E-state index is -0.902. The molecule has 0 aliphatic rings. The van der Waals surface area contributed by atoms with E-state index in [2.05, 4.69) is 31.9 Å². The second-order valence-electron chi connectivity index (χ2n) is 2.39. The van der Waals surface area contributed by atoms with Crippen LogP contribution in [-0.2, 0) is 11.2 Å². The summed E-state index contributed by atoms with van der Waals surface area (Å²) in [6, 6.07) is 3.42. The summed E-state index contributed by atoms with van der Waals surface area (Å²) >= 11 is 12.4. The van der Waals surface area contributed by atoms with Crippen molar-refractivity contribution in [3.63, 3.8) is 0 Å². The van der Waals surface area contributed by atoms with Crippen molar-refractivity contribution in [2.75, 3.05) is 0 Å². The molecule has 1 aromatic rings. The summed E-state index contributed by atoms with van der Waals surface area (Å²) in [7, 11) is 0. The van der Waals surface area contributed by atoms with E-state index in [1.807, 2.05) is 0 Å². The van der Waals surface area contributed by atoms with E-state index in [0.717, 1.165) is 4.47 Å². The topological polar surface area (TPSA) is 37.3 Å². The highest BCUT2D eigenvalue weighted by atomic mass is 79.9. The first-order chi connectivity index (χ1) is 6.02. The van der Waals surface area contributed by atoms with Gasteiger partial charge in [-0.2, -0.15) is 0 Å². The summed E-state index contributed by atoms with van der Waals surface area (Å²) in [5.41, 5.74) is 0.587. The Balaban J connectivity index is 3.17. The Morgan fingerprint density at radius 1 is 1.46 bits per heavy atom. The zero-order valence-corrected chi connectivity index (χ0v) is 10.3. The van der Waals surface area contributed by atoms with Crippen molar-refractivity contribution in [3.05, 3.63) is 31.7 Å². The molecule has 0 aromatic heterocycles. The van der Waals surface area contributed by atoms with Crippen LogP contribution in [0.4, 0.5) is 0 Å². The van der Waals surface area contributed by atoms with E-state index in [9.17, 15) is 4.79 Å². The van der Waals surface area contributed by atoms with Crippen LogP contribution >= 0.6 is 43.5 Å². The van der Waals surface area contributed by atoms with Crippen molar-refractivity contribution in [1.82, 2.24) is 0 Å². The molecule has 2 nitrogen and oxygen atoms in total. The van der Waals surface area contributed by atoms with Crippen molar-refractivity contribution >= 4 is 49.4 Å². The largest absolute Gasteiger partial charge is 0.481 e. The lowest BCUT2D eigenvalue weighted by Gasteiger charge is -2.05. The number of carbonyl (C=O) groups is 1. The summed E-state index contributed by atoms with van der Waals surface area (Å²) in [6.07, 6.45) is -0.0845. The standard InChI is InChI=1S/C8H5Br2ClO2/c9-5-1-2-6(11)4(8(5)10)3-7(12)13/h1-2H,3H2,(H,12,13). The molecule has 0 bridgehead atoms. The maximum atomic E-state index is 10.5. The minimum Gasteiger partial charge on any atom is -0.481 e. The summed E-state index contributed by atoms with van der Waals surface area (Å²) in [5.74, 6) is -0.902. The van der Waals surface area contributed by atoms with Crippen LogP contribution in [0.25, 0.3) is 0 Å². The fraction of sp³-hybridized carbons (Fsp3) is 0.125. The van der Waals surface area contributed by atoms with Crippen LogP contribution in [0.5, 0.6) is 0 Å². The normalized spacial score (nSPS) is 10.1. The van der Waals surface area contributed by atoms with Crippen molar-refractivity contribution in [2.24, 2.45) is 0 Å². The summed E-state index contributed by atoms with van der Waals surface area (Å²) in [4.78, 5) is 10.5. The van der Waals surface area contributed by atoms with E-state index in [1.165, 1.54) is 0 Å². The van der Waals surface area contributed by atoms with Crippen LogP contribution < -0.4 is 0 Å². The highest BCUT2D eigenvalue weighted by Crippen LogP contribution is 2.32. The fourth-order valence-electron chi connectivity index (χ4n) is 0.882. The van der Waals surface area contributed by atoms with Crippen LogP contribution in [0.15, 0.2) is 21.1 Å². The van der Waals surface area contributed by atoms with E-state index >= 15 is 0 Å². The second-order valence-corrected chi connectivity index (χ2v) is 4.45. The summed E-state index contributed by atoms with van der Waals surface area (Å²) < 4.78 is 1.50. The number of carboxylic acid groups (broad SMARTS) is 1. The van der Waals surface area contributed by atoms with Gasteiger partial charge in [0.1, 0.15) is 0 Å². The van der Waals surface area contributed by atoms with E-state index in [1.54, 1.807) is 12.1 Å². The van der Waals surface area contributed by atoms with Gasteiger partial charge in [0.05, 0.1) is 6.42 Å². The average molecular weight is 328 g/mol. The molecular weight excluding hydrogens is 323 g/mol. The predicted molar refractivity (Wildman–Crippen MR) is 58.2 cm³/mol. The molecule has 0 fully saturated rings. The molecule has 0 heterocycles. The first kappa shape index (κ1) is 11.0. The van der Waals surface area contributed by atoms with Gasteiger partial charge in [0.15, 0.2) is 0 Å². The molecule has 0 spiro atoms. The SMILES string of the molecule is O=C(O)Cc1c(Cl)ccc(Br)c1Br. The average Bonchev–Trinajstić information content (AvgIpc) is 2.05. The Bertz CT molecular complexity index is 352. The number of benzene rings is 1. The lowest BCUT2D eigenvalue weighted by Crippen LogP contribution is -2.01. The molecule has 0 amide bonds. The quantitative estimate of drug-likeness (QED) is 0.844. The van der Waals surface area contributed by atoms with Gasteiger partial charge in [-0.3, -0.25) is 4.79 Å². The third kappa shape index (κ3) is 2.69. The van der Waals surface area contributed by atoms with Gasteiger partial charge in [0.25, 0.3) is 0 Å². The molecular formula is C8H5Br2ClO2. The third-order valence-electron chi connectivity index (χ3n) is 1.47. The molecule has 0 atom stereocenters. The maximum absolute atomic E-state index is 10.5. The van der Waals surface area contributed by atoms with E-state index in [-0.39, 0.29) is 6.42 Å². The first-order valence-electron chi connectivity index (χ1n) is 3.36. The molecule has 70 valence electrons. The van der Waals surface area contributed by atoms with E-state index < -0.39 is 5.97 Å². The predicted octanol–water partition coefficient (Wildman–Crippen LogP) is 3.49.